The van der Waals surface area contributed by atoms with Gasteiger partial charge in [0, 0.05) is 11.0 Å². The van der Waals surface area contributed by atoms with Gasteiger partial charge in [0.2, 0.25) is 0 Å². The lowest BCUT2D eigenvalue weighted by atomic mass is 9.72. The van der Waals surface area contributed by atoms with Crippen molar-refractivity contribution >= 4 is 5.97 Å². The number of hydrogen-bond acceptors (Lipinski definition) is 3. The Labute approximate surface area is 159 Å². The van der Waals surface area contributed by atoms with E-state index in [1.165, 1.54) is 5.56 Å². The monoisotopic (exact) mass is 358 g/mol. The first-order valence-corrected chi connectivity index (χ1v) is 9.09. The van der Waals surface area contributed by atoms with Crippen molar-refractivity contribution < 1.29 is 14.6 Å². The zero-order chi connectivity index (χ0) is 19.1. The van der Waals surface area contributed by atoms with Crippen molar-refractivity contribution in [2.45, 2.75) is 24.7 Å². The number of aliphatic hydroxyl groups excluding tert-OH is 1. The molecule has 0 saturated heterocycles. The van der Waals surface area contributed by atoms with E-state index in [1.807, 2.05) is 66.7 Å². The third kappa shape index (κ3) is 2.58. The summed E-state index contributed by atoms with van der Waals surface area (Å²) >= 11 is 0. The Balaban J connectivity index is 1.89. The van der Waals surface area contributed by atoms with E-state index in [0.717, 1.165) is 16.7 Å². The highest BCUT2D eigenvalue weighted by Gasteiger charge is 2.50. The predicted octanol–water partition coefficient (Wildman–Crippen LogP) is 4.21. The van der Waals surface area contributed by atoms with Crippen LogP contribution in [0.5, 0.6) is 5.75 Å². The van der Waals surface area contributed by atoms with Crippen molar-refractivity contribution in [3.8, 4) is 5.75 Å². The molecule has 0 aliphatic carbocycles. The fraction of sp³-hybridized carbons (Fsp3) is 0.208. The summed E-state index contributed by atoms with van der Waals surface area (Å²) < 4.78 is 5.54. The number of fused-ring (bicyclic) bond motifs is 1. The minimum absolute atomic E-state index is 0.250. The van der Waals surface area contributed by atoms with Crippen molar-refractivity contribution in [3.05, 3.63) is 101 Å². The molecule has 1 N–H and O–H groups in total. The second-order valence-electron chi connectivity index (χ2n) is 7.52. The van der Waals surface area contributed by atoms with E-state index >= 15 is 0 Å². The summed E-state index contributed by atoms with van der Waals surface area (Å²) in [6, 6.07) is 25.5. The average molecular weight is 358 g/mol. The van der Waals surface area contributed by atoms with Crippen molar-refractivity contribution in [3.63, 3.8) is 0 Å². The first-order valence-electron chi connectivity index (χ1n) is 9.09. The van der Waals surface area contributed by atoms with E-state index in [9.17, 15) is 9.90 Å². The highest BCUT2D eigenvalue weighted by molar-refractivity contribution is 5.94. The van der Waals surface area contributed by atoms with Crippen LogP contribution in [-0.2, 0) is 15.6 Å². The first-order chi connectivity index (χ1) is 13.0. The third-order valence-electron chi connectivity index (χ3n) is 5.71. The zero-order valence-electron chi connectivity index (χ0n) is 15.5. The molecule has 0 aromatic heterocycles. The van der Waals surface area contributed by atoms with Crippen molar-refractivity contribution in [1.29, 1.82) is 0 Å². The van der Waals surface area contributed by atoms with E-state index in [2.05, 4.69) is 26.0 Å². The number of benzene rings is 3. The standard InChI is InChI=1S/C24H22O3/c1-23(2,17-9-5-3-6-10-17)19-13-14-21-20(15-19)24(16-25,22(26)27-21)18-11-7-4-8-12-18/h3-15,25H,16H2,1-2H3. The maximum atomic E-state index is 12.8. The number of rotatable bonds is 4. The molecule has 3 heteroatoms. The quantitative estimate of drug-likeness (QED) is 0.561. The molecule has 4 rings (SSSR count). The van der Waals surface area contributed by atoms with Crippen LogP contribution in [0.15, 0.2) is 78.9 Å². The summed E-state index contributed by atoms with van der Waals surface area (Å²) in [6.45, 7) is 3.98. The van der Waals surface area contributed by atoms with Crippen LogP contribution in [-0.4, -0.2) is 17.7 Å². The number of esters is 1. The largest absolute Gasteiger partial charge is 0.425 e. The summed E-state index contributed by atoms with van der Waals surface area (Å²) in [5, 5.41) is 10.3. The number of aliphatic hydroxyl groups is 1. The van der Waals surface area contributed by atoms with Gasteiger partial charge in [0.1, 0.15) is 11.2 Å². The highest BCUT2D eigenvalue weighted by atomic mass is 16.5. The molecule has 3 nitrogen and oxygen atoms in total. The van der Waals surface area contributed by atoms with Crippen molar-refractivity contribution in [2.24, 2.45) is 0 Å². The van der Waals surface area contributed by atoms with Gasteiger partial charge in [-0.25, -0.2) is 0 Å². The lowest BCUT2D eigenvalue weighted by Gasteiger charge is -2.29. The Bertz CT molecular complexity index is 977. The molecular weight excluding hydrogens is 336 g/mol. The second kappa shape index (κ2) is 6.36. The van der Waals surface area contributed by atoms with Gasteiger partial charge < -0.3 is 9.84 Å². The van der Waals surface area contributed by atoms with Gasteiger partial charge in [-0.05, 0) is 28.8 Å². The van der Waals surface area contributed by atoms with Crippen LogP contribution in [0.2, 0.25) is 0 Å². The van der Waals surface area contributed by atoms with E-state index in [-0.39, 0.29) is 12.0 Å². The van der Waals surface area contributed by atoms with E-state index in [1.54, 1.807) is 0 Å². The Morgan fingerprint density at radius 2 is 1.52 bits per heavy atom. The topological polar surface area (TPSA) is 46.5 Å². The molecule has 1 aliphatic rings. The van der Waals surface area contributed by atoms with Crippen LogP contribution in [0.25, 0.3) is 0 Å². The van der Waals surface area contributed by atoms with Crippen molar-refractivity contribution in [2.75, 3.05) is 6.61 Å². The highest BCUT2D eigenvalue weighted by Crippen LogP contribution is 2.46. The minimum Gasteiger partial charge on any atom is -0.425 e. The SMILES string of the molecule is CC(C)(c1ccccc1)c1ccc2c(c1)C(CO)(c1ccccc1)C(=O)O2. The Morgan fingerprint density at radius 1 is 0.889 bits per heavy atom. The summed E-state index contributed by atoms with van der Waals surface area (Å²) in [7, 11) is 0. The molecule has 0 bridgehead atoms. The predicted molar refractivity (Wildman–Crippen MR) is 105 cm³/mol. The summed E-state index contributed by atoms with van der Waals surface area (Å²) in [5.74, 6) is 0.0892. The molecule has 1 heterocycles. The maximum Gasteiger partial charge on any atom is 0.329 e. The molecule has 3 aromatic carbocycles. The van der Waals surface area contributed by atoms with E-state index in [4.69, 9.17) is 4.74 Å². The molecule has 1 atom stereocenters. The van der Waals surface area contributed by atoms with Gasteiger partial charge in [0.05, 0.1) is 6.61 Å². The number of carbonyl (C=O) groups excluding carboxylic acids is 1. The molecule has 0 amide bonds. The first kappa shape index (κ1) is 17.5. The van der Waals surface area contributed by atoms with Gasteiger partial charge in [-0.2, -0.15) is 0 Å². The van der Waals surface area contributed by atoms with Crippen LogP contribution >= 0.6 is 0 Å². The second-order valence-corrected chi connectivity index (χ2v) is 7.52. The van der Waals surface area contributed by atoms with Crippen molar-refractivity contribution in [1.82, 2.24) is 0 Å². The van der Waals surface area contributed by atoms with Gasteiger partial charge in [-0.15, -0.1) is 0 Å². The molecule has 136 valence electrons. The molecule has 0 saturated carbocycles. The molecule has 1 aliphatic heterocycles. The van der Waals surface area contributed by atoms with Crippen LogP contribution in [0.4, 0.5) is 0 Å². The smallest absolute Gasteiger partial charge is 0.329 e. The van der Waals surface area contributed by atoms with Crippen LogP contribution in [0, 0.1) is 0 Å². The fourth-order valence-corrected chi connectivity index (χ4v) is 3.90. The number of ether oxygens (including phenoxy) is 1. The number of hydrogen-bond donors (Lipinski definition) is 1. The molecule has 0 spiro atoms. The molecule has 0 radical (unpaired) electrons. The third-order valence-corrected chi connectivity index (χ3v) is 5.71. The molecule has 3 aromatic rings. The summed E-state index contributed by atoms with van der Waals surface area (Å²) in [5.41, 5.74) is 2.29. The maximum absolute atomic E-state index is 12.8. The lowest BCUT2D eigenvalue weighted by Crippen LogP contribution is -2.39. The Kier molecular flexibility index (Phi) is 4.12. The van der Waals surface area contributed by atoms with Gasteiger partial charge in [0.15, 0.2) is 0 Å². The lowest BCUT2D eigenvalue weighted by molar-refractivity contribution is -0.138. The van der Waals surface area contributed by atoms with Gasteiger partial charge in [-0.3, -0.25) is 4.79 Å². The van der Waals surface area contributed by atoms with Gasteiger partial charge >= 0.3 is 5.97 Å². The van der Waals surface area contributed by atoms with Crippen LogP contribution < -0.4 is 4.74 Å². The average Bonchev–Trinajstić information content (AvgIpc) is 3.00. The van der Waals surface area contributed by atoms with Gasteiger partial charge in [0.25, 0.3) is 0 Å². The van der Waals surface area contributed by atoms with E-state index < -0.39 is 11.4 Å². The molecule has 1 unspecified atom stereocenters. The molecule has 0 fully saturated rings. The van der Waals surface area contributed by atoms with Crippen LogP contribution in [0.1, 0.15) is 36.1 Å². The van der Waals surface area contributed by atoms with E-state index in [0.29, 0.717) is 5.75 Å². The Hall–Kier alpha value is -2.91. The summed E-state index contributed by atoms with van der Waals surface area (Å²) in [4.78, 5) is 12.8. The zero-order valence-corrected chi connectivity index (χ0v) is 15.5. The Morgan fingerprint density at radius 3 is 2.15 bits per heavy atom. The normalized spacial score (nSPS) is 18.9. The van der Waals surface area contributed by atoms with Gasteiger partial charge in [-0.1, -0.05) is 80.6 Å². The summed E-state index contributed by atoms with van der Waals surface area (Å²) in [6.07, 6.45) is 0. The van der Waals surface area contributed by atoms with Crippen LogP contribution in [0.3, 0.4) is 0 Å². The molecular formula is C24H22O3. The molecule has 27 heavy (non-hydrogen) atoms. The fourth-order valence-electron chi connectivity index (χ4n) is 3.90. The number of carbonyl (C=O) groups is 1. The minimum atomic E-state index is -1.18.